The molecule has 0 amide bonds. The Morgan fingerprint density at radius 2 is 1.61 bits per heavy atom. The van der Waals surface area contributed by atoms with Gasteiger partial charge in [0.2, 0.25) is 0 Å². The molecule has 1 heterocycles. The van der Waals surface area contributed by atoms with E-state index in [4.69, 9.17) is 14.9 Å². The van der Waals surface area contributed by atoms with Crippen molar-refractivity contribution in [2.45, 2.75) is 30.7 Å². The zero-order chi connectivity index (χ0) is 13.4. The Morgan fingerprint density at radius 1 is 1.11 bits per heavy atom. The third kappa shape index (κ3) is 4.87. The van der Waals surface area contributed by atoms with E-state index in [1.165, 1.54) is 0 Å². The van der Waals surface area contributed by atoms with Crippen LogP contribution in [0.4, 0.5) is 0 Å². The van der Waals surface area contributed by atoms with Crippen LogP contribution in [0.5, 0.6) is 0 Å². The molecule has 12 heteroatoms. The number of hydrogen-bond acceptors (Lipinski definition) is 7. The van der Waals surface area contributed by atoms with E-state index in [1.807, 2.05) is 0 Å². The van der Waals surface area contributed by atoms with Crippen LogP contribution >= 0.6 is 7.82 Å². The minimum atomic E-state index is -5.05. The number of phosphoric acid groups is 1. The monoisotopic (exact) mass is 313 g/mol. The molecule has 5 atom stereocenters. The fourth-order valence-corrected chi connectivity index (χ4v) is 1.72. The predicted molar refractivity (Wildman–Crippen MR) is 53.2 cm³/mol. The summed E-state index contributed by atoms with van der Waals surface area (Å²) in [6, 6.07) is 0. The van der Waals surface area contributed by atoms with Crippen molar-refractivity contribution in [3.05, 3.63) is 0 Å². The van der Waals surface area contributed by atoms with Crippen molar-refractivity contribution in [3.63, 3.8) is 0 Å². The van der Waals surface area contributed by atoms with Crippen molar-refractivity contribution >= 4 is 65.2 Å². The molecule has 5 unspecified atom stereocenters. The molecular formula is C6H11KO10P. The number of ether oxygens (including phenoxy) is 1. The molecule has 1 aliphatic rings. The molecule has 1 aliphatic heterocycles. The molecule has 0 aliphatic carbocycles. The fraction of sp³-hybridized carbons (Fsp3) is 0.833. The molecule has 6 N–H and O–H groups in total. The molecule has 1 rings (SSSR count). The van der Waals surface area contributed by atoms with E-state index < -0.39 is 44.5 Å². The minimum Gasteiger partial charge on any atom is -0.479 e. The quantitative estimate of drug-likeness (QED) is 0.228. The Kier molecular flexibility index (Phi) is 7.60. The van der Waals surface area contributed by atoms with Gasteiger partial charge in [-0.05, 0) is 0 Å². The van der Waals surface area contributed by atoms with Gasteiger partial charge in [-0.1, -0.05) is 0 Å². The molecule has 0 aromatic carbocycles. The maximum Gasteiger partial charge on any atom is 0.472 e. The molecule has 1 fully saturated rings. The van der Waals surface area contributed by atoms with E-state index in [0.717, 1.165) is 0 Å². The van der Waals surface area contributed by atoms with Gasteiger partial charge in [-0.15, -0.1) is 0 Å². The van der Waals surface area contributed by atoms with Gasteiger partial charge in [-0.3, -0.25) is 4.52 Å². The second kappa shape index (κ2) is 7.18. The van der Waals surface area contributed by atoms with Crippen molar-refractivity contribution in [2.75, 3.05) is 0 Å². The Balaban J connectivity index is 0.00000289. The van der Waals surface area contributed by atoms with Crippen LogP contribution in [0.1, 0.15) is 0 Å². The van der Waals surface area contributed by atoms with Gasteiger partial charge in [0, 0.05) is 51.4 Å². The number of rotatable bonds is 3. The smallest absolute Gasteiger partial charge is 0.472 e. The number of carboxylic acid groups (broad SMARTS) is 1. The molecule has 101 valence electrons. The van der Waals surface area contributed by atoms with Crippen LogP contribution in [0, 0.1) is 0 Å². The molecular weight excluding hydrogens is 302 g/mol. The van der Waals surface area contributed by atoms with Crippen LogP contribution in [0.2, 0.25) is 0 Å². The van der Waals surface area contributed by atoms with Crippen LogP contribution in [0.3, 0.4) is 0 Å². The zero-order valence-electron chi connectivity index (χ0n) is 9.15. The summed E-state index contributed by atoms with van der Waals surface area (Å²) in [5.41, 5.74) is 0. The van der Waals surface area contributed by atoms with Gasteiger partial charge in [0.15, 0.2) is 12.4 Å². The van der Waals surface area contributed by atoms with Crippen LogP contribution in [0.25, 0.3) is 0 Å². The first-order valence-corrected chi connectivity index (χ1v) is 5.83. The topological polar surface area (TPSA) is 174 Å². The van der Waals surface area contributed by atoms with Crippen LogP contribution in [0.15, 0.2) is 0 Å². The minimum absolute atomic E-state index is 0. The normalized spacial score (nSPS) is 36.8. The molecule has 1 saturated heterocycles. The van der Waals surface area contributed by atoms with E-state index in [1.54, 1.807) is 0 Å². The van der Waals surface area contributed by atoms with Crippen LogP contribution in [-0.2, 0) is 18.6 Å². The summed E-state index contributed by atoms with van der Waals surface area (Å²) >= 11 is 0. The first-order chi connectivity index (χ1) is 7.63. The summed E-state index contributed by atoms with van der Waals surface area (Å²) in [5.74, 6) is -1.68. The van der Waals surface area contributed by atoms with E-state index in [-0.39, 0.29) is 51.4 Å². The van der Waals surface area contributed by atoms with Crippen molar-refractivity contribution in [2.24, 2.45) is 0 Å². The average Bonchev–Trinajstić information content (AvgIpc) is 2.16. The molecule has 0 aromatic heterocycles. The number of hydrogen-bond donors (Lipinski definition) is 6. The van der Waals surface area contributed by atoms with Gasteiger partial charge in [0.25, 0.3) is 0 Å². The van der Waals surface area contributed by atoms with Crippen LogP contribution < -0.4 is 0 Å². The second-order valence-electron chi connectivity index (χ2n) is 3.33. The van der Waals surface area contributed by atoms with Gasteiger partial charge in [0.05, 0.1) is 0 Å². The van der Waals surface area contributed by atoms with Crippen molar-refractivity contribution in [1.29, 1.82) is 0 Å². The largest absolute Gasteiger partial charge is 0.479 e. The third-order valence-electron chi connectivity index (χ3n) is 2.05. The average molecular weight is 313 g/mol. The molecule has 0 aromatic rings. The third-order valence-corrected chi connectivity index (χ3v) is 2.54. The van der Waals surface area contributed by atoms with Gasteiger partial charge in [-0.2, -0.15) is 0 Å². The summed E-state index contributed by atoms with van der Waals surface area (Å²) in [7, 11) is -5.05. The number of aliphatic hydroxyl groups is 3. The first kappa shape index (κ1) is 19.1. The molecule has 1 radical (unpaired) electrons. The Morgan fingerprint density at radius 3 is 2.00 bits per heavy atom. The van der Waals surface area contributed by atoms with E-state index in [2.05, 4.69) is 9.26 Å². The van der Waals surface area contributed by atoms with Gasteiger partial charge in [0.1, 0.15) is 18.3 Å². The Hall–Kier alpha value is 1.06. The second-order valence-corrected chi connectivity index (χ2v) is 4.52. The number of aliphatic hydroxyl groups excluding tert-OH is 3. The molecule has 0 spiro atoms. The molecule has 0 saturated carbocycles. The summed E-state index contributed by atoms with van der Waals surface area (Å²) in [4.78, 5) is 27.5. The summed E-state index contributed by atoms with van der Waals surface area (Å²) in [6.07, 6.45) is -9.94. The Labute approximate surface area is 143 Å². The van der Waals surface area contributed by atoms with Crippen molar-refractivity contribution in [3.8, 4) is 0 Å². The van der Waals surface area contributed by atoms with Crippen LogP contribution in [-0.4, -0.2) is 118 Å². The van der Waals surface area contributed by atoms with Gasteiger partial charge in [-0.25, -0.2) is 9.36 Å². The predicted octanol–water partition coefficient (Wildman–Crippen LogP) is -3.39. The SMILES string of the molecule is O=C(O)C1OC(OP(=O)(O)O)C(O)C(O)C1O.[K]. The summed E-state index contributed by atoms with van der Waals surface area (Å²) < 4.78 is 18.9. The number of aliphatic carboxylic acids is 1. The van der Waals surface area contributed by atoms with Gasteiger partial charge >= 0.3 is 13.8 Å². The molecule has 18 heavy (non-hydrogen) atoms. The number of carboxylic acids is 1. The standard InChI is InChI=1S/C6H11O10P.K/c7-1-2(8)4(5(10)11)15-6(3(1)9)16-17(12,13)14;/h1-4,6-9H,(H,10,11)(H2,12,13,14);. The number of carbonyl (C=O) groups is 1. The summed E-state index contributed by atoms with van der Waals surface area (Å²) in [5, 5.41) is 36.4. The maximum absolute atomic E-state index is 10.6. The van der Waals surface area contributed by atoms with E-state index in [0.29, 0.717) is 0 Å². The molecule has 0 bridgehead atoms. The van der Waals surface area contributed by atoms with Gasteiger partial charge < -0.3 is 34.9 Å². The first-order valence-electron chi connectivity index (χ1n) is 4.30. The van der Waals surface area contributed by atoms with E-state index >= 15 is 0 Å². The van der Waals surface area contributed by atoms with Crippen molar-refractivity contribution < 1.29 is 48.8 Å². The molecule has 10 nitrogen and oxygen atoms in total. The number of phosphoric ester groups is 1. The maximum atomic E-state index is 10.6. The van der Waals surface area contributed by atoms with Crippen molar-refractivity contribution in [1.82, 2.24) is 0 Å². The zero-order valence-corrected chi connectivity index (χ0v) is 13.2. The fourth-order valence-electron chi connectivity index (χ4n) is 1.27. The Bertz CT molecular complexity index is 343. The summed E-state index contributed by atoms with van der Waals surface area (Å²) in [6.45, 7) is 0. The van der Waals surface area contributed by atoms with E-state index in [9.17, 15) is 24.7 Å².